The third-order valence-electron chi connectivity index (χ3n) is 4.10. The molecule has 1 heterocycles. The van der Waals surface area contributed by atoms with Crippen molar-refractivity contribution in [3.63, 3.8) is 0 Å². The number of nitro benzene ring substituents is 1. The van der Waals surface area contributed by atoms with Gasteiger partial charge in [0.15, 0.2) is 17.5 Å². The van der Waals surface area contributed by atoms with Crippen molar-refractivity contribution >= 4 is 11.6 Å². The van der Waals surface area contributed by atoms with Gasteiger partial charge in [-0.05, 0) is 18.6 Å². The summed E-state index contributed by atoms with van der Waals surface area (Å²) in [5.74, 6) is 1.15. The van der Waals surface area contributed by atoms with Crippen LogP contribution in [0.5, 0.6) is 17.2 Å². The van der Waals surface area contributed by atoms with Crippen LogP contribution < -0.4 is 24.8 Å². The van der Waals surface area contributed by atoms with E-state index in [1.807, 2.05) is 6.92 Å². The second-order valence-electron chi connectivity index (χ2n) is 6.17. The Labute approximate surface area is 170 Å². The van der Waals surface area contributed by atoms with E-state index >= 15 is 0 Å². The first-order chi connectivity index (χ1) is 14.5. The lowest BCUT2D eigenvalue weighted by Crippen LogP contribution is -2.36. The Balaban J connectivity index is 1.73. The summed E-state index contributed by atoms with van der Waals surface area (Å²) in [5, 5.41) is 17.0. The highest BCUT2D eigenvalue weighted by Gasteiger charge is 2.20. The minimum Gasteiger partial charge on any atom is -0.454 e. The maximum atomic E-state index is 12.8. The molecule has 0 radical (unpaired) electrons. The van der Waals surface area contributed by atoms with Gasteiger partial charge in [0.25, 0.3) is 5.69 Å². The summed E-state index contributed by atoms with van der Waals surface area (Å²) in [5.41, 5.74) is 1.07. The van der Waals surface area contributed by atoms with E-state index in [9.17, 15) is 18.9 Å². The Bertz CT molecular complexity index is 939. The molecule has 0 unspecified atom stereocenters. The van der Waals surface area contributed by atoms with Gasteiger partial charge in [-0.25, -0.2) is 4.99 Å². The molecule has 160 valence electrons. The van der Waals surface area contributed by atoms with Gasteiger partial charge < -0.3 is 24.8 Å². The summed E-state index contributed by atoms with van der Waals surface area (Å²) in [6.45, 7) is -0.232. The van der Waals surface area contributed by atoms with Crippen LogP contribution in [0.2, 0.25) is 0 Å². The van der Waals surface area contributed by atoms with Crippen LogP contribution in [0.25, 0.3) is 0 Å². The van der Waals surface area contributed by atoms with Crippen LogP contribution in [0, 0.1) is 10.1 Å². The largest absolute Gasteiger partial charge is 0.454 e. The van der Waals surface area contributed by atoms with Crippen molar-refractivity contribution in [2.75, 3.05) is 13.3 Å². The number of ether oxygens (including phenoxy) is 3. The third kappa shape index (κ3) is 5.46. The maximum absolute atomic E-state index is 12.8. The third-order valence-corrected chi connectivity index (χ3v) is 4.10. The number of guanidine groups is 1. The number of hydrogen-bond donors (Lipinski definition) is 2. The number of alkyl halides is 2. The van der Waals surface area contributed by atoms with Crippen molar-refractivity contribution in [3.05, 3.63) is 57.6 Å². The lowest BCUT2D eigenvalue weighted by molar-refractivity contribution is -0.384. The molecular weight excluding hydrogens is 402 g/mol. The number of rotatable bonds is 8. The molecule has 2 aromatic carbocycles. The quantitative estimate of drug-likeness (QED) is 0.291. The zero-order chi connectivity index (χ0) is 21.5. The zero-order valence-corrected chi connectivity index (χ0v) is 16.1. The number of nitrogens with one attached hydrogen (secondary N) is 2. The van der Waals surface area contributed by atoms with Crippen LogP contribution in [0.4, 0.5) is 14.5 Å². The maximum Gasteiger partial charge on any atom is 0.387 e. The minimum absolute atomic E-state index is 0.00758. The molecule has 0 spiro atoms. The van der Waals surface area contributed by atoms with E-state index in [0.29, 0.717) is 35.1 Å². The van der Waals surface area contributed by atoms with Crippen molar-refractivity contribution in [2.24, 2.45) is 4.99 Å². The average Bonchev–Trinajstić information content (AvgIpc) is 3.17. The standard InChI is InChI=1S/C19H20F2N4O5/c1-2-22-19(23-9-12-4-3-5-14(6-12)25(26)27)24-10-13-7-16-17(29-11-28-16)8-15(13)30-18(20)21/h3-8,18H,2,9-11H2,1H3,(H2,22,23,24). The Kier molecular flexibility index (Phi) is 6.83. The fraction of sp³-hybridized carbons (Fsp3) is 0.316. The first kappa shape index (κ1) is 21.1. The van der Waals surface area contributed by atoms with Gasteiger partial charge in [0.2, 0.25) is 6.79 Å². The summed E-state index contributed by atoms with van der Waals surface area (Å²) < 4.78 is 40.6. The van der Waals surface area contributed by atoms with Gasteiger partial charge in [-0.2, -0.15) is 8.78 Å². The summed E-state index contributed by atoms with van der Waals surface area (Å²) in [7, 11) is 0. The normalized spacial score (nSPS) is 12.7. The van der Waals surface area contributed by atoms with Gasteiger partial charge in [-0.1, -0.05) is 12.1 Å². The van der Waals surface area contributed by atoms with Crippen LogP contribution in [0.3, 0.4) is 0 Å². The Morgan fingerprint density at radius 2 is 2.03 bits per heavy atom. The fourth-order valence-electron chi connectivity index (χ4n) is 2.77. The highest BCUT2D eigenvalue weighted by molar-refractivity contribution is 5.79. The molecule has 0 atom stereocenters. The minimum atomic E-state index is -2.99. The Hall–Kier alpha value is -3.63. The van der Waals surface area contributed by atoms with Crippen LogP contribution in [-0.2, 0) is 13.1 Å². The number of nitrogens with zero attached hydrogens (tertiary/aromatic N) is 2. The zero-order valence-electron chi connectivity index (χ0n) is 16.1. The van der Waals surface area contributed by atoms with E-state index in [1.165, 1.54) is 18.2 Å². The summed E-state index contributed by atoms with van der Waals surface area (Å²) in [6.07, 6.45) is 0. The lowest BCUT2D eigenvalue weighted by atomic mass is 10.1. The lowest BCUT2D eigenvalue weighted by Gasteiger charge is -2.15. The number of nitro groups is 1. The first-order valence-electron chi connectivity index (χ1n) is 9.09. The SMILES string of the molecule is CCNC(=NCc1cccc([N+](=O)[O-])c1)NCc1cc2c(cc1OC(F)F)OCO2. The number of aliphatic imine (C=N–C) groups is 1. The van der Waals surface area contributed by atoms with Gasteiger partial charge in [0.05, 0.1) is 11.5 Å². The fourth-order valence-corrected chi connectivity index (χ4v) is 2.77. The summed E-state index contributed by atoms with van der Waals surface area (Å²) in [6, 6.07) is 9.09. The van der Waals surface area contributed by atoms with E-state index in [4.69, 9.17) is 9.47 Å². The number of non-ortho nitro benzene ring substituents is 1. The Morgan fingerprint density at radius 3 is 2.73 bits per heavy atom. The predicted molar refractivity (Wildman–Crippen MR) is 104 cm³/mol. The molecule has 30 heavy (non-hydrogen) atoms. The molecule has 0 fully saturated rings. The number of fused-ring (bicyclic) bond motifs is 1. The van der Waals surface area contributed by atoms with Gasteiger partial charge in [0.1, 0.15) is 5.75 Å². The van der Waals surface area contributed by atoms with Crippen molar-refractivity contribution in [1.82, 2.24) is 10.6 Å². The molecule has 3 rings (SSSR count). The summed E-state index contributed by atoms with van der Waals surface area (Å²) >= 11 is 0. The molecule has 0 saturated heterocycles. The highest BCUT2D eigenvalue weighted by atomic mass is 19.3. The van der Waals surface area contributed by atoms with Crippen LogP contribution >= 0.6 is 0 Å². The van der Waals surface area contributed by atoms with E-state index in [0.717, 1.165) is 0 Å². The van der Waals surface area contributed by atoms with Gasteiger partial charge >= 0.3 is 6.61 Å². The predicted octanol–water partition coefficient (Wildman–Crippen LogP) is 3.18. The number of hydrogen-bond acceptors (Lipinski definition) is 6. The molecule has 0 amide bonds. The first-order valence-corrected chi connectivity index (χ1v) is 9.09. The van der Waals surface area contributed by atoms with E-state index < -0.39 is 11.5 Å². The molecule has 9 nitrogen and oxygen atoms in total. The Morgan fingerprint density at radius 1 is 1.27 bits per heavy atom. The van der Waals surface area contributed by atoms with Crippen LogP contribution in [-0.4, -0.2) is 30.8 Å². The van der Waals surface area contributed by atoms with Gasteiger partial charge in [-0.15, -0.1) is 0 Å². The highest BCUT2D eigenvalue weighted by Crippen LogP contribution is 2.38. The smallest absolute Gasteiger partial charge is 0.387 e. The van der Waals surface area contributed by atoms with E-state index in [2.05, 4.69) is 20.4 Å². The second-order valence-corrected chi connectivity index (χ2v) is 6.17. The molecule has 1 aliphatic rings. The molecule has 0 aromatic heterocycles. The molecule has 0 saturated carbocycles. The van der Waals surface area contributed by atoms with Crippen molar-refractivity contribution in [1.29, 1.82) is 0 Å². The number of benzene rings is 2. The molecular formula is C19H20F2N4O5. The summed E-state index contributed by atoms with van der Waals surface area (Å²) in [4.78, 5) is 14.8. The molecule has 1 aliphatic heterocycles. The van der Waals surface area contributed by atoms with E-state index in [1.54, 1.807) is 18.2 Å². The molecule has 0 bridgehead atoms. The molecule has 2 aromatic rings. The molecule has 2 N–H and O–H groups in total. The molecule has 11 heteroatoms. The van der Waals surface area contributed by atoms with Crippen LogP contribution in [0.1, 0.15) is 18.1 Å². The van der Waals surface area contributed by atoms with Crippen LogP contribution in [0.15, 0.2) is 41.4 Å². The molecule has 0 aliphatic carbocycles. The average molecular weight is 422 g/mol. The van der Waals surface area contributed by atoms with Gasteiger partial charge in [0, 0.05) is 36.9 Å². The second kappa shape index (κ2) is 9.72. The monoisotopic (exact) mass is 422 g/mol. The van der Waals surface area contributed by atoms with Crippen molar-refractivity contribution in [2.45, 2.75) is 26.6 Å². The van der Waals surface area contributed by atoms with Crippen molar-refractivity contribution in [3.8, 4) is 17.2 Å². The van der Waals surface area contributed by atoms with Gasteiger partial charge in [-0.3, -0.25) is 10.1 Å². The topological polar surface area (TPSA) is 107 Å². The number of halogens is 2. The van der Waals surface area contributed by atoms with Crippen molar-refractivity contribution < 1.29 is 27.9 Å². The van der Waals surface area contributed by atoms with E-state index in [-0.39, 0.29) is 31.3 Å².